The Labute approximate surface area is 425 Å². The first-order chi connectivity index (χ1) is 33.1. The minimum atomic E-state index is -3.79. The maximum atomic E-state index is 13.8. The highest BCUT2D eigenvalue weighted by atomic mass is 32.2. The van der Waals surface area contributed by atoms with Crippen LogP contribution in [0, 0.1) is 10.8 Å². The Morgan fingerprint density at radius 3 is 1.24 bits per heavy atom. The van der Waals surface area contributed by atoms with Crippen molar-refractivity contribution in [2.75, 3.05) is 76.9 Å². The second-order valence-electron chi connectivity index (χ2n) is 18.8. The molecule has 70 heavy (non-hydrogen) atoms. The van der Waals surface area contributed by atoms with Gasteiger partial charge in [-0.15, -0.1) is 23.5 Å². The summed E-state index contributed by atoms with van der Waals surface area (Å²) in [5.41, 5.74) is 1.38. The minimum Gasteiger partial charge on any atom is -0.491 e. The van der Waals surface area contributed by atoms with Crippen LogP contribution in [0.5, 0.6) is 11.5 Å². The highest BCUT2D eigenvalue weighted by Crippen LogP contribution is 2.46. The fourth-order valence-corrected chi connectivity index (χ4v) is 12.5. The number of likely N-dealkylation sites (N-methyl/N-ethyl adjacent to an activating group) is 2. The summed E-state index contributed by atoms with van der Waals surface area (Å²) in [5.74, 6) is 0.0918. The molecule has 384 valence electrons. The van der Waals surface area contributed by atoms with Crippen LogP contribution in [0.25, 0.3) is 0 Å². The monoisotopic (exact) mass is 1040 g/mol. The lowest BCUT2D eigenvalue weighted by molar-refractivity contribution is -0.153. The van der Waals surface area contributed by atoms with Crippen molar-refractivity contribution in [3.63, 3.8) is 0 Å². The van der Waals surface area contributed by atoms with E-state index < -0.39 is 30.9 Å². The van der Waals surface area contributed by atoms with Gasteiger partial charge in [0.15, 0.2) is 0 Å². The van der Waals surface area contributed by atoms with Gasteiger partial charge in [0, 0.05) is 62.8 Å². The highest BCUT2D eigenvalue weighted by molar-refractivity contribution is 7.99. The molecule has 0 unspecified atom stereocenters. The van der Waals surface area contributed by atoms with Gasteiger partial charge in [0.1, 0.15) is 34.5 Å². The van der Waals surface area contributed by atoms with E-state index in [2.05, 4.69) is 23.6 Å². The van der Waals surface area contributed by atoms with E-state index in [1.165, 1.54) is 46.4 Å². The first kappa shape index (κ1) is 56.5. The summed E-state index contributed by atoms with van der Waals surface area (Å²) >= 11 is 2.95. The normalized spacial score (nSPS) is 18.0. The standard InChI is InChI=1S/2C26H36N2O5S2/c2*1-7-8-12-20-17-28(19-13-10-9-11-14-19)21-15-23(34-6)22(16-24(21)35(30,31)27(20)4)33-18-26(2,3)25(29)32-5/h2*9-11,13-16,20H,7-8,12,17-18H2,1-6H3/t2*20-/m10/s1. The van der Waals surface area contributed by atoms with Gasteiger partial charge in [-0.1, -0.05) is 75.9 Å². The molecule has 2 atom stereocenters. The molecule has 18 heteroatoms. The smallest absolute Gasteiger partial charge is 0.314 e. The molecule has 2 aliphatic heterocycles. The molecule has 0 saturated carbocycles. The number of carbonyl (C=O) groups is 2. The van der Waals surface area contributed by atoms with Crippen molar-refractivity contribution in [1.82, 2.24) is 8.61 Å². The average Bonchev–Trinajstić information content (AvgIpc) is 3.49. The minimum absolute atomic E-state index is 0.0590. The second kappa shape index (κ2) is 24.3. The van der Waals surface area contributed by atoms with Crippen molar-refractivity contribution in [2.24, 2.45) is 10.8 Å². The number of hydrogen-bond donors (Lipinski definition) is 0. The van der Waals surface area contributed by atoms with Gasteiger partial charge in [-0.3, -0.25) is 9.59 Å². The summed E-state index contributed by atoms with van der Waals surface area (Å²) in [7, 11) is -1.57. The van der Waals surface area contributed by atoms with Gasteiger partial charge in [0.05, 0.1) is 46.2 Å². The molecule has 0 amide bonds. The molecule has 0 spiro atoms. The van der Waals surface area contributed by atoms with Crippen LogP contribution in [-0.2, 0) is 39.1 Å². The van der Waals surface area contributed by atoms with Crippen molar-refractivity contribution >= 4 is 78.3 Å². The Balaban J connectivity index is 0.000000261. The van der Waals surface area contributed by atoms with Crippen LogP contribution in [0.3, 0.4) is 0 Å². The van der Waals surface area contributed by atoms with Gasteiger partial charge >= 0.3 is 11.9 Å². The quantitative estimate of drug-likeness (QED) is 0.0686. The number of benzene rings is 4. The van der Waals surface area contributed by atoms with Gasteiger partial charge in [-0.2, -0.15) is 8.61 Å². The number of ether oxygens (including phenoxy) is 4. The average molecular weight is 1040 g/mol. The van der Waals surface area contributed by atoms with Gasteiger partial charge < -0.3 is 28.7 Å². The number of para-hydroxylation sites is 2. The Kier molecular flexibility index (Phi) is 19.6. The Morgan fingerprint density at radius 2 is 0.943 bits per heavy atom. The predicted octanol–water partition coefficient (Wildman–Crippen LogP) is 10.6. The van der Waals surface area contributed by atoms with E-state index in [1.807, 2.05) is 85.3 Å². The summed E-state index contributed by atoms with van der Waals surface area (Å²) in [5, 5.41) is 0. The van der Waals surface area contributed by atoms with Crippen molar-refractivity contribution in [3.8, 4) is 11.5 Å². The maximum absolute atomic E-state index is 13.8. The number of carbonyl (C=O) groups excluding carboxylic acids is 2. The predicted molar refractivity (Wildman–Crippen MR) is 282 cm³/mol. The van der Waals surface area contributed by atoms with Crippen LogP contribution in [0.1, 0.15) is 80.1 Å². The summed E-state index contributed by atoms with van der Waals surface area (Å²) in [4.78, 5) is 30.5. The van der Waals surface area contributed by atoms with Crippen molar-refractivity contribution in [3.05, 3.63) is 84.9 Å². The molecule has 4 aromatic carbocycles. The number of nitrogens with zero attached hydrogens (tertiary/aromatic N) is 4. The topological polar surface area (TPSA) is 152 Å². The summed E-state index contributed by atoms with van der Waals surface area (Å²) < 4.78 is 80.3. The molecule has 0 N–H and O–H groups in total. The van der Waals surface area contributed by atoms with E-state index in [4.69, 9.17) is 18.9 Å². The van der Waals surface area contributed by atoms with Crippen molar-refractivity contribution in [1.29, 1.82) is 0 Å². The van der Waals surface area contributed by atoms with E-state index in [9.17, 15) is 26.4 Å². The molecular formula is C52H72N4O10S4. The third-order valence-electron chi connectivity index (χ3n) is 12.8. The fourth-order valence-electron chi connectivity index (χ4n) is 8.31. The first-order valence-corrected chi connectivity index (χ1v) is 28.9. The van der Waals surface area contributed by atoms with Crippen LogP contribution in [0.2, 0.25) is 0 Å². The molecule has 0 fully saturated rings. The Bertz CT molecular complexity index is 2450. The van der Waals surface area contributed by atoms with E-state index >= 15 is 0 Å². The Morgan fingerprint density at radius 1 is 0.600 bits per heavy atom. The Hall–Kier alpha value is -4.46. The lowest BCUT2D eigenvalue weighted by Crippen LogP contribution is -2.40. The van der Waals surface area contributed by atoms with Crippen LogP contribution >= 0.6 is 23.5 Å². The molecule has 0 radical (unpaired) electrons. The zero-order valence-electron chi connectivity index (χ0n) is 42.8. The van der Waals surface area contributed by atoms with E-state index in [0.29, 0.717) is 36.0 Å². The number of fused-ring (bicyclic) bond motifs is 2. The number of hydrogen-bond acceptors (Lipinski definition) is 14. The third kappa shape index (κ3) is 12.8. The number of sulfonamides is 2. The lowest BCUT2D eigenvalue weighted by Gasteiger charge is -2.29. The van der Waals surface area contributed by atoms with E-state index in [0.717, 1.165) is 59.7 Å². The molecule has 2 heterocycles. The van der Waals surface area contributed by atoms with Crippen molar-refractivity contribution < 1.29 is 45.4 Å². The number of unbranched alkanes of at least 4 members (excludes halogenated alkanes) is 2. The largest absolute Gasteiger partial charge is 0.491 e. The molecule has 0 bridgehead atoms. The zero-order valence-corrected chi connectivity index (χ0v) is 46.1. The summed E-state index contributed by atoms with van der Waals surface area (Å²) in [6.07, 6.45) is 9.27. The molecule has 0 aliphatic carbocycles. The fraction of sp³-hybridized carbons (Fsp3) is 0.500. The number of thioether (sulfide) groups is 2. The van der Waals surface area contributed by atoms with Gasteiger partial charge in [-0.05, 0) is 89.4 Å². The zero-order chi connectivity index (χ0) is 51.6. The molecule has 14 nitrogen and oxygen atoms in total. The van der Waals surface area contributed by atoms with E-state index in [1.54, 1.807) is 53.9 Å². The maximum Gasteiger partial charge on any atom is 0.314 e. The number of esters is 2. The van der Waals surface area contributed by atoms with Crippen LogP contribution < -0.4 is 19.3 Å². The van der Waals surface area contributed by atoms with Gasteiger partial charge in [0.2, 0.25) is 20.0 Å². The SMILES string of the molecule is CCCC[C@@H]1CN(c2ccccc2)c2cc(SC)c(OCC(C)(C)C(=O)OC)cc2S(=O)(=O)N1C.CCCC[C@H]1CN(c2ccccc2)c2cc(SC)c(OCC(C)(C)C(=O)OC)cc2S(=O)(=O)N1C. The molecule has 0 saturated heterocycles. The molecule has 0 aromatic heterocycles. The third-order valence-corrected chi connectivity index (χ3v) is 18.2. The number of methoxy groups -OCH3 is 2. The molecule has 2 aliphatic rings. The lowest BCUT2D eigenvalue weighted by atomic mass is 9.95. The van der Waals surface area contributed by atoms with Gasteiger partial charge in [-0.25, -0.2) is 16.8 Å². The molecular weight excluding hydrogens is 969 g/mol. The van der Waals surface area contributed by atoms with Crippen LogP contribution in [0.4, 0.5) is 22.7 Å². The van der Waals surface area contributed by atoms with Crippen LogP contribution in [-0.4, -0.2) is 117 Å². The first-order valence-electron chi connectivity index (χ1n) is 23.6. The second-order valence-corrected chi connectivity index (χ2v) is 24.4. The van der Waals surface area contributed by atoms with Crippen LogP contribution in [0.15, 0.2) is 105 Å². The number of rotatable bonds is 18. The molecule has 6 rings (SSSR count). The van der Waals surface area contributed by atoms with Crippen molar-refractivity contribution in [2.45, 2.75) is 112 Å². The van der Waals surface area contributed by atoms with Gasteiger partial charge in [0.25, 0.3) is 0 Å². The number of anilines is 4. The summed E-state index contributed by atoms with van der Waals surface area (Å²) in [6, 6.07) is 26.4. The van der Waals surface area contributed by atoms with E-state index in [-0.39, 0.29) is 47.0 Å². The highest BCUT2D eigenvalue weighted by Gasteiger charge is 2.40. The molecule has 4 aromatic rings. The summed E-state index contributed by atoms with van der Waals surface area (Å²) in [6.45, 7) is 12.4.